The van der Waals surface area contributed by atoms with Crippen LogP contribution in [0.15, 0.2) is 152 Å². The van der Waals surface area contributed by atoms with E-state index in [-0.39, 0.29) is 16.6 Å². The van der Waals surface area contributed by atoms with E-state index in [1.807, 2.05) is 12.3 Å². The van der Waals surface area contributed by atoms with Gasteiger partial charge in [-0.25, -0.2) is 4.98 Å². The minimum absolute atomic E-state index is 0.161. The van der Waals surface area contributed by atoms with Crippen LogP contribution in [-0.4, -0.2) is 19.6 Å². The van der Waals surface area contributed by atoms with Crippen molar-refractivity contribution in [3.8, 4) is 67.5 Å². The van der Waals surface area contributed by atoms with E-state index in [1.165, 1.54) is 5.56 Å². The summed E-state index contributed by atoms with van der Waals surface area (Å²) in [4.78, 5) is 10.5. The molecule has 0 aliphatic carbocycles. The lowest BCUT2D eigenvalue weighted by molar-refractivity contribution is 0.446. The van der Waals surface area contributed by atoms with Crippen LogP contribution in [0.1, 0.15) is 72.1 Å². The number of rotatable bonds is 8. The van der Waals surface area contributed by atoms with Gasteiger partial charge in [0.1, 0.15) is 11.6 Å². The van der Waals surface area contributed by atoms with Crippen molar-refractivity contribution >= 4 is 11.0 Å². The van der Waals surface area contributed by atoms with Crippen molar-refractivity contribution < 1.29 is 5.11 Å². The Morgan fingerprint density at radius 3 is 1.91 bits per heavy atom. The summed E-state index contributed by atoms with van der Waals surface area (Å²) >= 11 is 0. The molecular formula is C54H53N3O. The van der Waals surface area contributed by atoms with Gasteiger partial charge >= 0.3 is 0 Å². The van der Waals surface area contributed by atoms with Crippen LogP contribution in [0.3, 0.4) is 0 Å². The minimum Gasteiger partial charge on any atom is -0.507 e. The number of aromatic nitrogens is 3. The number of pyridine rings is 1. The number of fused-ring (bicyclic) bond motifs is 1. The number of imidazole rings is 1. The second-order valence-corrected chi connectivity index (χ2v) is 18.1. The number of nitrogens with zero attached hydrogens (tertiary/aromatic N) is 3. The third-order valence-electron chi connectivity index (χ3n) is 11.1. The number of para-hydroxylation sites is 2. The Labute approximate surface area is 343 Å². The molecule has 4 heteroatoms. The summed E-state index contributed by atoms with van der Waals surface area (Å²) in [6.45, 7) is 17.7. The molecule has 0 aliphatic heterocycles. The number of phenols is 1. The maximum Gasteiger partial charge on any atom is 0.149 e. The van der Waals surface area contributed by atoms with E-state index in [0.717, 1.165) is 84.5 Å². The summed E-state index contributed by atoms with van der Waals surface area (Å²) in [6, 6.07) is 51.5. The van der Waals surface area contributed by atoms with Crippen LogP contribution in [0.4, 0.5) is 0 Å². The van der Waals surface area contributed by atoms with Crippen LogP contribution in [-0.2, 0) is 17.3 Å². The van der Waals surface area contributed by atoms with E-state index < -0.39 is 0 Å². The standard InChI is InChI=1S/C54H53N3O/c1-35(2)28-36-29-40(31-41(30-36)47-32-39(26-27-55-47)37-18-11-9-12-19-37)44-23-17-25-49-50(44)56-52(45-33-42(53(3,4)5)34-46(51(45)58)54(6,7)8)57(49)48-24-16-15-22-43(48)38-20-13-10-14-21-38/h9-27,29-35,58H,28H2,1-8H3. The molecule has 2 heterocycles. The van der Waals surface area contributed by atoms with Crippen LogP contribution in [0, 0.1) is 5.92 Å². The lowest BCUT2D eigenvalue weighted by Gasteiger charge is -2.27. The van der Waals surface area contributed by atoms with Gasteiger partial charge in [-0.1, -0.05) is 159 Å². The Balaban J connectivity index is 1.43. The summed E-state index contributed by atoms with van der Waals surface area (Å²) in [7, 11) is 0. The lowest BCUT2D eigenvalue weighted by atomic mass is 9.79. The molecule has 0 bridgehead atoms. The Hall–Kier alpha value is -6.26. The van der Waals surface area contributed by atoms with E-state index in [2.05, 4.69) is 199 Å². The molecule has 2 aromatic heterocycles. The second kappa shape index (κ2) is 15.2. The van der Waals surface area contributed by atoms with Crippen molar-refractivity contribution in [1.29, 1.82) is 0 Å². The van der Waals surface area contributed by atoms with Crippen molar-refractivity contribution in [1.82, 2.24) is 14.5 Å². The van der Waals surface area contributed by atoms with Gasteiger partial charge in [0.25, 0.3) is 0 Å². The highest BCUT2D eigenvalue weighted by atomic mass is 16.3. The van der Waals surface area contributed by atoms with E-state index in [9.17, 15) is 5.11 Å². The van der Waals surface area contributed by atoms with Crippen LogP contribution in [0.25, 0.3) is 72.7 Å². The first-order valence-electron chi connectivity index (χ1n) is 20.5. The van der Waals surface area contributed by atoms with E-state index in [4.69, 9.17) is 9.97 Å². The van der Waals surface area contributed by atoms with Crippen LogP contribution < -0.4 is 0 Å². The largest absolute Gasteiger partial charge is 0.507 e. The Bertz CT molecular complexity index is 2750. The molecule has 0 radical (unpaired) electrons. The van der Waals surface area contributed by atoms with Gasteiger partial charge in [-0.05, 0) is 99.0 Å². The first kappa shape index (κ1) is 38.6. The number of phenolic OH excluding ortho intramolecular Hbond substituents is 1. The van der Waals surface area contributed by atoms with Crippen molar-refractivity contribution in [2.45, 2.75) is 72.6 Å². The van der Waals surface area contributed by atoms with Gasteiger partial charge in [0.2, 0.25) is 0 Å². The van der Waals surface area contributed by atoms with Crippen LogP contribution in [0.2, 0.25) is 0 Å². The maximum absolute atomic E-state index is 12.4. The molecule has 0 aliphatic rings. The molecule has 6 aromatic carbocycles. The zero-order valence-corrected chi connectivity index (χ0v) is 35.0. The molecule has 1 N–H and O–H groups in total. The summed E-state index contributed by atoms with van der Waals surface area (Å²) in [5.74, 6) is 1.44. The van der Waals surface area contributed by atoms with Gasteiger partial charge < -0.3 is 5.11 Å². The first-order valence-corrected chi connectivity index (χ1v) is 20.5. The van der Waals surface area contributed by atoms with Gasteiger partial charge in [-0.2, -0.15) is 0 Å². The molecule has 58 heavy (non-hydrogen) atoms. The first-order chi connectivity index (χ1) is 27.8. The number of aromatic hydroxyl groups is 1. The topological polar surface area (TPSA) is 50.9 Å². The van der Waals surface area contributed by atoms with E-state index >= 15 is 0 Å². The van der Waals surface area contributed by atoms with Gasteiger partial charge in [0.05, 0.1) is 28.0 Å². The van der Waals surface area contributed by atoms with Crippen molar-refractivity contribution in [2.75, 3.05) is 0 Å². The highest BCUT2D eigenvalue weighted by Gasteiger charge is 2.29. The van der Waals surface area contributed by atoms with Crippen molar-refractivity contribution in [3.05, 3.63) is 168 Å². The fraction of sp³-hybridized carbons (Fsp3) is 0.222. The fourth-order valence-corrected chi connectivity index (χ4v) is 8.08. The number of hydrogen-bond acceptors (Lipinski definition) is 3. The normalized spacial score (nSPS) is 12.1. The summed E-state index contributed by atoms with van der Waals surface area (Å²) in [5.41, 5.74) is 15.0. The molecule has 0 saturated carbocycles. The predicted octanol–water partition coefficient (Wildman–Crippen LogP) is 14.3. The Morgan fingerprint density at radius 2 is 1.22 bits per heavy atom. The van der Waals surface area contributed by atoms with E-state index in [1.54, 1.807) is 0 Å². The summed E-state index contributed by atoms with van der Waals surface area (Å²) in [6.07, 6.45) is 2.84. The molecular weight excluding hydrogens is 707 g/mol. The highest BCUT2D eigenvalue weighted by Crippen LogP contribution is 2.45. The lowest BCUT2D eigenvalue weighted by Crippen LogP contribution is -2.17. The average molecular weight is 760 g/mol. The van der Waals surface area contributed by atoms with Gasteiger partial charge in [0.15, 0.2) is 0 Å². The molecule has 0 saturated heterocycles. The zero-order chi connectivity index (χ0) is 40.8. The Kier molecular flexibility index (Phi) is 10.1. The van der Waals surface area contributed by atoms with Gasteiger partial charge in [-0.3, -0.25) is 9.55 Å². The monoisotopic (exact) mass is 759 g/mol. The van der Waals surface area contributed by atoms with Gasteiger partial charge in [0, 0.05) is 28.5 Å². The summed E-state index contributed by atoms with van der Waals surface area (Å²) in [5, 5.41) is 12.4. The minimum atomic E-state index is -0.302. The Morgan fingerprint density at radius 1 is 0.569 bits per heavy atom. The predicted molar refractivity (Wildman–Crippen MR) is 244 cm³/mol. The molecule has 0 amide bonds. The number of benzene rings is 6. The quantitative estimate of drug-likeness (QED) is 0.168. The molecule has 0 fully saturated rings. The van der Waals surface area contributed by atoms with Crippen molar-refractivity contribution in [2.24, 2.45) is 5.92 Å². The van der Waals surface area contributed by atoms with Gasteiger partial charge in [-0.15, -0.1) is 0 Å². The average Bonchev–Trinajstić information content (AvgIpc) is 3.60. The second-order valence-electron chi connectivity index (χ2n) is 18.1. The molecule has 0 spiro atoms. The fourth-order valence-electron chi connectivity index (χ4n) is 8.08. The third-order valence-corrected chi connectivity index (χ3v) is 11.1. The van der Waals surface area contributed by atoms with Crippen LogP contribution >= 0.6 is 0 Å². The van der Waals surface area contributed by atoms with Crippen LogP contribution in [0.5, 0.6) is 5.75 Å². The summed E-state index contributed by atoms with van der Waals surface area (Å²) < 4.78 is 2.26. The molecule has 0 unspecified atom stereocenters. The molecule has 0 atom stereocenters. The SMILES string of the molecule is CC(C)Cc1cc(-c2cc(-c3ccccc3)ccn2)cc(-c2cccc3c2nc(-c2cc(C(C)(C)C)cc(C(C)(C)C)c2O)n3-c2ccccc2-c2ccccc2)c1. The van der Waals surface area contributed by atoms with Crippen molar-refractivity contribution in [3.63, 3.8) is 0 Å². The molecule has 290 valence electrons. The zero-order valence-electron chi connectivity index (χ0n) is 35.0. The maximum atomic E-state index is 12.4. The molecule has 4 nitrogen and oxygen atoms in total. The smallest absolute Gasteiger partial charge is 0.149 e. The van der Waals surface area contributed by atoms with E-state index in [0.29, 0.717) is 11.7 Å². The number of hydrogen-bond donors (Lipinski definition) is 1. The highest BCUT2D eigenvalue weighted by molar-refractivity contribution is 5.98. The molecule has 8 rings (SSSR count). The third kappa shape index (κ3) is 7.59. The molecule has 8 aromatic rings.